The number of ether oxygens (including phenoxy) is 1. The van der Waals surface area contributed by atoms with E-state index in [9.17, 15) is 0 Å². The van der Waals surface area contributed by atoms with Crippen molar-refractivity contribution in [2.45, 2.75) is 34.3 Å². The molecule has 0 spiro atoms. The fourth-order valence-electron chi connectivity index (χ4n) is 3.55. The second-order valence-electron chi connectivity index (χ2n) is 6.69. The van der Waals surface area contributed by atoms with Crippen LogP contribution in [0.15, 0.2) is 42.7 Å². The molecule has 3 heterocycles. The second-order valence-corrected chi connectivity index (χ2v) is 6.69. The number of nitrogens with zero attached hydrogens (tertiary/aromatic N) is 3. The maximum absolute atomic E-state index is 6.07. The summed E-state index contributed by atoms with van der Waals surface area (Å²) in [7, 11) is 0. The zero-order chi connectivity index (χ0) is 17.6. The van der Waals surface area contributed by atoms with Crippen molar-refractivity contribution < 1.29 is 4.74 Å². The van der Waals surface area contributed by atoms with Crippen LogP contribution < -0.4 is 9.64 Å². The van der Waals surface area contributed by atoms with Crippen LogP contribution in [-0.4, -0.2) is 9.97 Å². The summed E-state index contributed by atoms with van der Waals surface area (Å²) in [6.45, 7) is 8.91. The van der Waals surface area contributed by atoms with Crippen molar-refractivity contribution in [1.29, 1.82) is 0 Å². The minimum Gasteiger partial charge on any atom is -0.485 e. The van der Waals surface area contributed by atoms with Gasteiger partial charge in [-0.2, -0.15) is 0 Å². The first-order valence-electron chi connectivity index (χ1n) is 8.46. The second kappa shape index (κ2) is 5.88. The minimum atomic E-state index is 0.488. The SMILES string of the molecule is Cc1cc(C)c(N2c3ncccc3COc3cc(C)cnc32)c(C)c1. The summed E-state index contributed by atoms with van der Waals surface area (Å²) < 4.78 is 6.07. The first-order chi connectivity index (χ1) is 12.0. The molecule has 126 valence electrons. The van der Waals surface area contributed by atoms with Crippen molar-refractivity contribution in [2.24, 2.45) is 0 Å². The van der Waals surface area contributed by atoms with Gasteiger partial charge < -0.3 is 4.74 Å². The Morgan fingerprint density at radius 1 is 0.920 bits per heavy atom. The molecule has 4 heteroatoms. The van der Waals surface area contributed by atoms with E-state index in [0.29, 0.717) is 6.61 Å². The van der Waals surface area contributed by atoms with Gasteiger partial charge in [0.05, 0.1) is 5.69 Å². The van der Waals surface area contributed by atoms with Gasteiger partial charge in [-0.15, -0.1) is 0 Å². The lowest BCUT2D eigenvalue weighted by Gasteiger charge is -2.27. The summed E-state index contributed by atoms with van der Waals surface area (Å²) in [5.41, 5.74) is 6.90. The molecule has 0 atom stereocenters. The number of hydrogen-bond donors (Lipinski definition) is 0. The van der Waals surface area contributed by atoms with Crippen molar-refractivity contribution in [2.75, 3.05) is 4.90 Å². The normalized spacial score (nSPS) is 12.9. The van der Waals surface area contributed by atoms with Gasteiger partial charge in [-0.3, -0.25) is 4.90 Å². The van der Waals surface area contributed by atoms with Crippen molar-refractivity contribution in [1.82, 2.24) is 9.97 Å². The smallest absolute Gasteiger partial charge is 0.181 e. The molecule has 0 fully saturated rings. The van der Waals surface area contributed by atoms with E-state index in [1.165, 1.54) is 16.7 Å². The van der Waals surface area contributed by atoms with Crippen LogP contribution in [0.25, 0.3) is 0 Å². The largest absolute Gasteiger partial charge is 0.485 e. The summed E-state index contributed by atoms with van der Waals surface area (Å²) in [4.78, 5) is 11.5. The van der Waals surface area contributed by atoms with Crippen LogP contribution in [0.5, 0.6) is 5.75 Å². The molecule has 25 heavy (non-hydrogen) atoms. The van der Waals surface area contributed by atoms with Crippen molar-refractivity contribution in [3.8, 4) is 5.75 Å². The summed E-state index contributed by atoms with van der Waals surface area (Å²) in [5.74, 6) is 2.46. The van der Waals surface area contributed by atoms with E-state index in [0.717, 1.165) is 34.2 Å². The van der Waals surface area contributed by atoms with Gasteiger partial charge in [-0.05, 0) is 56.5 Å². The first-order valence-corrected chi connectivity index (χ1v) is 8.46. The molecular formula is C21H21N3O. The summed E-state index contributed by atoms with van der Waals surface area (Å²) >= 11 is 0. The molecule has 4 nitrogen and oxygen atoms in total. The van der Waals surface area contributed by atoms with E-state index < -0.39 is 0 Å². The van der Waals surface area contributed by atoms with Gasteiger partial charge in [0, 0.05) is 18.0 Å². The highest BCUT2D eigenvalue weighted by Crippen LogP contribution is 2.44. The quantitative estimate of drug-likeness (QED) is 0.624. The highest BCUT2D eigenvalue weighted by molar-refractivity contribution is 5.81. The predicted octanol–water partition coefficient (Wildman–Crippen LogP) is 5.07. The number of aromatic nitrogens is 2. The number of aryl methyl sites for hydroxylation is 4. The number of hydrogen-bond acceptors (Lipinski definition) is 4. The van der Waals surface area contributed by atoms with E-state index in [1.54, 1.807) is 0 Å². The average Bonchev–Trinajstić information content (AvgIpc) is 2.72. The monoisotopic (exact) mass is 331 g/mol. The van der Waals surface area contributed by atoms with E-state index in [2.05, 4.69) is 48.9 Å². The number of pyridine rings is 2. The fraction of sp³-hybridized carbons (Fsp3) is 0.238. The van der Waals surface area contributed by atoms with E-state index >= 15 is 0 Å². The van der Waals surface area contributed by atoms with Gasteiger partial charge in [0.1, 0.15) is 12.4 Å². The summed E-state index contributed by atoms with van der Waals surface area (Å²) in [5, 5.41) is 0. The third-order valence-corrected chi connectivity index (χ3v) is 4.50. The fourth-order valence-corrected chi connectivity index (χ4v) is 3.55. The maximum Gasteiger partial charge on any atom is 0.181 e. The maximum atomic E-state index is 6.07. The van der Waals surface area contributed by atoms with Crippen molar-refractivity contribution in [3.05, 3.63) is 70.5 Å². The Labute approximate surface area is 148 Å². The Hall–Kier alpha value is -2.88. The highest BCUT2D eigenvalue weighted by atomic mass is 16.5. The first kappa shape index (κ1) is 15.6. The lowest BCUT2D eigenvalue weighted by Crippen LogP contribution is -2.16. The average molecular weight is 331 g/mol. The van der Waals surface area contributed by atoms with Gasteiger partial charge in [0.2, 0.25) is 0 Å². The molecule has 3 aromatic rings. The molecule has 2 aromatic heterocycles. The Kier molecular flexibility index (Phi) is 3.68. The van der Waals surface area contributed by atoms with Crippen LogP contribution in [0.1, 0.15) is 27.8 Å². The molecular weight excluding hydrogens is 310 g/mol. The summed E-state index contributed by atoms with van der Waals surface area (Å²) in [6, 6.07) is 10.5. The number of benzene rings is 1. The van der Waals surface area contributed by atoms with E-state index in [1.807, 2.05) is 31.5 Å². The third-order valence-electron chi connectivity index (χ3n) is 4.50. The molecule has 1 aromatic carbocycles. The van der Waals surface area contributed by atoms with Crippen LogP contribution >= 0.6 is 0 Å². The molecule has 0 saturated heterocycles. The molecule has 0 amide bonds. The summed E-state index contributed by atoms with van der Waals surface area (Å²) in [6.07, 6.45) is 3.70. The van der Waals surface area contributed by atoms with Crippen LogP contribution in [0, 0.1) is 27.7 Å². The third kappa shape index (κ3) is 2.64. The number of fused-ring (bicyclic) bond motifs is 2. The van der Waals surface area contributed by atoms with E-state index in [4.69, 9.17) is 9.72 Å². The Morgan fingerprint density at radius 2 is 1.68 bits per heavy atom. The number of anilines is 3. The molecule has 1 aliphatic heterocycles. The van der Waals surface area contributed by atoms with Gasteiger partial charge in [0.15, 0.2) is 11.6 Å². The molecule has 0 unspecified atom stereocenters. The highest BCUT2D eigenvalue weighted by Gasteiger charge is 2.27. The molecule has 1 aliphatic rings. The molecule has 0 saturated carbocycles. The van der Waals surface area contributed by atoms with Crippen LogP contribution in [0.4, 0.5) is 17.3 Å². The topological polar surface area (TPSA) is 38.2 Å². The number of rotatable bonds is 1. The van der Waals surface area contributed by atoms with Crippen molar-refractivity contribution in [3.63, 3.8) is 0 Å². The lowest BCUT2D eigenvalue weighted by molar-refractivity contribution is 0.309. The minimum absolute atomic E-state index is 0.488. The van der Waals surface area contributed by atoms with Gasteiger partial charge in [0.25, 0.3) is 0 Å². The van der Waals surface area contributed by atoms with Crippen LogP contribution in [-0.2, 0) is 6.61 Å². The standard InChI is InChI=1S/C21H21N3O/c1-13-8-15(3)19(16(4)9-13)24-20-17(6-5-7-22-20)12-25-18-10-14(2)11-23-21(18)24/h5-11H,12H2,1-4H3. The van der Waals surface area contributed by atoms with Crippen LogP contribution in [0.3, 0.4) is 0 Å². The van der Waals surface area contributed by atoms with Gasteiger partial charge in [-0.1, -0.05) is 23.8 Å². The van der Waals surface area contributed by atoms with Gasteiger partial charge >= 0.3 is 0 Å². The zero-order valence-corrected chi connectivity index (χ0v) is 15.0. The molecule has 4 rings (SSSR count). The Balaban J connectivity index is 2.04. The molecule has 0 aliphatic carbocycles. The Morgan fingerprint density at radius 3 is 2.44 bits per heavy atom. The molecule has 0 bridgehead atoms. The molecule has 0 radical (unpaired) electrons. The Bertz CT molecular complexity index is 942. The predicted molar refractivity (Wildman–Crippen MR) is 100.0 cm³/mol. The molecule has 0 N–H and O–H groups in total. The van der Waals surface area contributed by atoms with Gasteiger partial charge in [-0.25, -0.2) is 9.97 Å². The van der Waals surface area contributed by atoms with E-state index in [-0.39, 0.29) is 0 Å². The lowest BCUT2D eigenvalue weighted by atomic mass is 10.0. The van der Waals surface area contributed by atoms with Crippen LogP contribution in [0.2, 0.25) is 0 Å². The van der Waals surface area contributed by atoms with Crippen molar-refractivity contribution >= 4 is 17.3 Å². The zero-order valence-electron chi connectivity index (χ0n) is 15.0.